The largest absolute Gasteiger partial charge is 0.543 e. The lowest BCUT2D eigenvalue weighted by Crippen LogP contribution is -2.33. The fourth-order valence-corrected chi connectivity index (χ4v) is 0.945. The minimum absolute atomic E-state index is 0.269. The summed E-state index contributed by atoms with van der Waals surface area (Å²) >= 11 is 0. The van der Waals surface area contributed by atoms with Crippen LogP contribution in [0.2, 0.25) is 0 Å². The van der Waals surface area contributed by atoms with Gasteiger partial charge in [-0.1, -0.05) is 18.2 Å². The Bertz CT molecular complexity index is 360. The summed E-state index contributed by atoms with van der Waals surface area (Å²) in [5.74, 6) is 3.44. The third-order valence-electron chi connectivity index (χ3n) is 1.54. The average Bonchev–Trinajstić information content (AvgIpc) is 2.09. The van der Waals surface area contributed by atoms with Gasteiger partial charge in [-0.05, 0) is 6.07 Å². The molecule has 0 aromatic heterocycles. The van der Waals surface area contributed by atoms with Crippen molar-refractivity contribution in [2.45, 2.75) is 0 Å². The van der Waals surface area contributed by atoms with Crippen LogP contribution in [-0.2, 0) is 4.79 Å². The zero-order valence-corrected chi connectivity index (χ0v) is 6.73. The summed E-state index contributed by atoms with van der Waals surface area (Å²) in [6, 6.07) is 6.39. The summed E-state index contributed by atoms with van der Waals surface area (Å²) < 4.78 is 0. The van der Waals surface area contributed by atoms with E-state index in [-0.39, 0.29) is 11.3 Å². The number of hydrogen-bond donors (Lipinski definition) is 2. The Hall–Kier alpha value is -2.04. The zero-order valence-electron chi connectivity index (χ0n) is 6.73. The first-order chi connectivity index (χ1) is 6.16. The topological polar surface area (TPSA) is 105 Å². The number of nitrogen functional groups attached to an aromatic ring is 1. The molecule has 0 unspecified atom stereocenters. The minimum atomic E-state index is -1.44. The van der Waals surface area contributed by atoms with Gasteiger partial charge in [0.1, 0.15) is 5.71 Å². The zero-order chi connectivity index (χ0) is 9.84. The number of carboxylic acid groups (broad SMARTS) is 1. The van der Waals surface area contributed by atoms with E-state index in [0.29, 0.717) is 5.69 Å². The fourth-order valence-electron chi connectivity index (χ4n) is 0.945. The number of carboxylic acids is 1. The summed E-state index contributed by atoms with van der Waals surface area (Å²) in [6.45, 7) is 0. The molecule has 5 heteroatoms. The van der Waals surface area contributed by atoms with Gasteiger partial charge in [0.25, 0.3) is 0 Å². The molecule has 68 valence electrons. The van der Waals surface area contributed by atoms with Gasteiger partial charge >= 0.3 is 0 Å². The number of benzene rings is 1. The van der Waals surface area contributed by atoms with Gasteiger partial charge in [0.05, 0.1) is 5.97 Å². The number of rotatable bonds is 2. The van der Waals surface area contributed by atoms with Crippen molar-refractivity contribution in [1.29, 1.82) is 0 Å². The maximum Gasteiger partial charge on any atom is 0.115 e. The monoisotopic (exact) mass is 178 g/mol. The molecule has 0 aliphatic carbocycles. The number of carbonyl (C=O) groups excluding carboxylic acids is 1. The van der Waals surface area contributed by atoms with E-state index in [0.717, 1.165) is 0 Å². The first-order valence-electron chi connectivity index (χ1n) is 3.51. The highest BCUT2D eigenvalue weighted by Crippen LogP contribution is 2.10. The SMILES string of the molecule is N/N=C(\C(=O)[O-])c1ccccc1N. The number of aliphatic carboxylic acids is 1. The number of hydrazone groups is 1. The third-order valence-corrected chi connectivity index (χ3v) is 1.54. The van der Waals surface area contributed by atoms with Crippen LogP contribution >= 0.6 is 0 Å². The Balaban J connectivity index is 3.21. The molecule has 0 aliphatic heterocycles. The van der Waals surface area contributed by atoms with E-state index in [1.54, 1.807) is 18.2 Å². The summed E-state index contributed by atoms with van der Waals surface area (Å²) in [4.78, 5) is 10.5. The Morgan fingerprint density at radius 1 is 1.38 bits per heavy atom. The third kappa shape index (κ3) is 1.76. The van der Waals surface area contributed by atoms with Gasteiger partial charge in [-0.15, -0.1) is 0 Å². The molecule has 1 rings (SSSR count). The molecule has 0 aliphatic rings. The molecule has 5 nitrogen and oxygen atoms in total. The number of para-hydroxylation sites is 1. The van der Waals surface area contributed by atoms with Crippen LogP contribution in [0.3, 0.4) is 0 Å². The average molecular weight is 178 g/mol. The Morgan fingerprint density at radius 3 is 2.46 bits per heavy atom. The summed E-state index contributed by atoms with van der Waals surface area (Å²) in [7, 11) is 0. The van der Waals surface area contributed by atoms with Crippen molar-refractivity contribution in [3.8, 4) is 0 Å². The Morgan fingerprint density at radius 2 is 2.00 bits per heavy atom. The van der Waals surface area contributed by atoms with Gasteiger partial charge < -0.3 is 21.5 Å². The second kappa shape index (κ2) is 3.57. The minimum Gasteiger partial charge on any atom is -0.543 e. The van der Waals surface area contributed by atoms with Crippen molar-refractivity contribution in [1.82, 2.24) is 0 Å². The van der Waals surface area contributed by atoms with Crippen LogP contribution in [0.1, 0.15) is 5.56 Å². The molecule has 4 N–H and O–H groups in total. The van der Waals surface area contributed by atoms with Gasteiger partial charge in [0.2, 0.25) is 0 Å². The first kappa shape index (κ1) is 9.05. The van der Waals surface area contributed by atoms with Gasteiger partial charge in [-0.3, -0.25) is 0 Å². The van der Waals surface area contributed by atoms with Crippen molar-refractivity contribution in [3.63, 3.8) is 0 Å². The van der Waals surface area contributed by atoms with Gasteiger partial charge in [0.15, 0.2) is 0 Å². The molecule has 0 saturated heterocycles. The van der Waals surface area contributed by atoms with Gasteiger partial charge in [-0.2, -0.15) is 5.10 Å². The van der Waals surface area contributed by atoms with Crippen molar-refractivity contribution >= 4 is 17.4 Å². The molecule has 1 aromatic carbocycles. The van der Waals surface area contributed by atoms with Crippen LogP contribution < -0.4 is 16.7 Å². The Kier molecular flexibility index (Phi) is 2.49. The second-order valence-corrected chi connectivity index (χ2v) is 2.35. The summed E-state index contributed by atoms with van der Waals surface area (Å²) in [6.07, 6.45) is 0. The van der Waals surface area contributed by atoms with E-state index in [9.17, 15) is 9.90 Å². The van der Waals surface area contributed by atoms with Crippen LogP contribution in [0.25, 0.3) is 0 Å². The smallest absolute Gasteiger partial charge is 0.115 e. The highest BCUT2D eigenvalue weighted by atomic mass is 16.4. The van der Waals surface area contributed by atoms with E-state index in [4.69, 9.17) is 11.6 Å². The Labute approximate surface area is 74.7 Å². The molecule has 0 atom stereocenters. The number of carbonyl (C=O) groups is 1. The number of nitrogens with two attached hydrogens (primary N) is 2. The number of nitrogens with zero attached hydrogens (tertiary/aromatic N) is 1. The predicted molar refractivity (Wildman–Crippen MR) is 46.6 cm³/mol. The molecule has 0 heterocycles. The van der Waals surface area contributed by atoms with E-state index in [2.05, 4.69) is 5.10 Å². The number of anilines is 1. The standard InChI is InChI=1S/C8H9N3O2/c9-6-4-2-1-3-5(6)7(11-10)8(12)13/h1-4H,9-10H2,(H,12,13)/p-1/b11-7-. The van der Waals surface area contributed by atoms with E-state index >= 15 is 0 Å². The molecule has 0 saturated carbocycles. The van der Waals surface area contributed by atoms with Crippen LogP contribution in [0.15, 0.2) is 29.4 Å². The van der Waals surface area contributed by atoms with Crippen LogP contribution in [-0.4, -0.2) is 11.7 Å². The second-order valence-electron chi connectivity index (χ2n) is 2.35. The number of hydrogen-bond acceptors (Lipinski definition) is 5. The molecular weight excluding hydrogens is 170 g/mol. The van der Waals surface area contributed by atoms with Crippen LogP contribution in [0, 0.1) is 0 Å². The molecule has 0 radical (unpaired) electrons. The molecular formula is C8H8N3O2-. The quantitative estimate of drug-likeness (QED) is 0.253. The lowest BCUT2D eigenvalue weighted by Gasteiger charge is -2.07. The lowest BCUT2D eigenvalue weighted by molar-refractivity contribution is -0.294. The maximum atomic E-state index is 10.5. The lowest BCUT2D eigenvalue weighted by atomic mass is 10.1. The molecule has 0 spiro atoms. The van der Waals surface area contributed by atoms with Crippen LogP contribution in [0.5, 0.6) is 0 Å². The van der Waals surface area contributed by atoms with Crippen molar-refractivity contribution in [2.24, 2.45) is 10.9 Å². The highest BCUT2D eigenvalue weighted by molar-refractivity contribution is 6.42. The maximum absolute atomic E-state index is 10.5. The van der Waals surface area contributed by atoms with Crippen molar-refractivity contribution in [2.75, 3.05) is 5.73 Å². The van der Waals surface area contributed by atoms with Crippen molar-refractivity contribution < 1.29 is 9.90 Å². The highest BCUT2D eigenvalue weighted by Gasteiger charge is 2.06. The van der Waals surface area contributed by atoms with Gasteiger partial charge in [-0.25, -0.2) is 0 Å². The van der Waals surface area contributed by atoms with E-state index < -0.39 is 5.97 Å². The molecule has 0 amide bonds. The summed E-state index contributed by atoms with van der Waals surface area (Å²) in [5, 5.41) is 13.6. The normalized spacial score (nSPS) is 11.2. The first-order valence-corrected chi connectivity index (χ1v) is 3.51. The van der Waals surface area contributed by atoms with Crippen molar-refractivity contribution in [3.05, 3.63) is 29.8 Å². The molecule has 1 aromatic rings. The van der Waals surface area contributed by atoms with E-state index in [1.807, 2.05) is 0 Å². The molecule has 0 fully saturated rings. The fraction of sp³-hybridized carbons (Fsp3) is 0. The van der Waals surface area contributed by atoms with Gasteiger partial charge in [0, 0.05) is 11.3 Å². The predicted octanol–water partition coefficient (Wildman–Crippen LogP) is -1.32. The molecule has 0 bridgehead atoms. The van der Waals surface area contributed by atoms with Crippen LogP contribution in [0.4, 0.5) is 5.69 Å². The molecule has 13 heavy (non-hydrogen) atoms. The van der Waals surface area contributed by atoms with E-state index in [1.165, 1.54) is 6.07 Å². The summed E-state index contributed by atoms with van der Waals surface area (Å²) in [5.41, 5.74) is 5.73.